The van der Waals surface area contributed by atoms with Gasteiger partial charge in [-0.3, -0.25) is 0 Å². The lowest BCUT2D eigenvalue weighted by Gasteiger charge is -2.31. The van der Waals surface area contributed by atoms with Gasteiger partial charge in [-0.05, 0) is 111 Å². The molecule has 7 heteroatoms. The SMILES string of the molecule is C=C(Nc1cc(CC/C=c2/ccn(C(=C)NNC)/c2=C/CCCCOC)ccn1)c1ccc(C2CCN(CC)CC2)cc1. The van der Waals surface area contributed by atoms with Gasteiger partial charge in [0.2, 0.25) is 0 Å². The number of methoxy groups -OCH3 is 1. The molecule has 1 aliphatic heterocycles. The summed E-state index contributed by atoms with van der Waals surface area (Å²) in [4.78, 5) is 7.10. The van der Waals surface area contributed by atoms with E-state index in [1.165, 1.54) is 42.3 Å². The van der Waals surface area contributed by atoms with Gasteiger partial charge < -0.3 is 24.9 Å². The van der Waals surface area contributed by atoms with Crippen LogP contribution in [0.2, 0.25) is 0 Å². The van der Waals surface area contributed by atoms with Gasteiger partial charge >= 0.3 is 0 Å². The van der Waals surface area contributed by atoms with E-state index >= 15 is 0 Å². The topological polar surface area (TPSA) is 66.4 Å². The van der Waals surface area contributed by atoms with E-state index in [9.17, 15) is 0 Å². The van der Waals surface area contributed by atoms with Crippen molar-refractivity contribution in [1.29, 1.82) is 0 Å². The first kappa shape index (κ1) is 32.3. The third kappa shape index (κ3) is 9.42. The van der Waals surface area contributed by atoms with Crippen LogP contribution in [0.25, 0.3) is 23.7 Å². The number of hydrogen-bond acceptors (Lipinski definition) is 6. The number of anilines is 1. The van der Waals surface area contributed by atoms with Crippen LogP contribution in [0.3, 0.4) is 0 Å². The lowest BCUT2D eigenvalue weighted by Crippen LogP contribution is -2.35. The number of likely N-dealkylation sites (tertiary alicyclic amines) is 1. The Labute approximate surface area is 258 Å². The van der Waals surface area contributed by atoms with Gasteiger partial charge in [-0.1, -0.05) is 56.5 Å². The van der Waals surface area contributed by atoms with Crippen LogP contribution in [0.5, 0.6) is 0 Å². The Kier molecular flexibility index (Phi) is 12.6. The molecular weight excluding hydrogens is 532 g/mol. The van der Waals surface area contributed by atoms with Crippen LogP contribution in [0.4, 0.5) is 5.82 Å². The first-order chi connectivity index (χ1) is 21.0. The molecule has 3 N–H and O–H groups in total. The van der Waals surface area contributed by atoms with Crippen molar-refractivity contribution in [2.24, 2.45) is 0 Å². The fourth-order valence-electron chi connectivity index (χ4n) is 5.78. The summed E-state index contributed by atoms with van der Waals surface area (Å²) in [5.74, 6) is 2.27. The molecule has 3 aromatic rings. The van der Waals surface area contributed by atoms with E-state index in [0.717, 1.165) is 73.5 Å². The standard InChI is InChI=1S/C36H50N6O/c1-6-41-23-19-33(20-24-41)32-16-14-31(15-17-32)28(2)39-36-27-30(18-22-38-36)11-10-12-34-21-25-42(29(3)40-37-4)35(34)13-8-7-9-26-43-5/h12-18,21-22,25,27,33,37,40H,2-3,6-11,19-20,23-24,26H2,1,4-5H3,(H,38,39)/b34-12-,35-13+. The highest BCUT2D eigenvalue weighted by atomic mass is 16.5. The van der Waals surface area contributed by atoms with Gasteiger partial charge in [0, 0.05) is 44.2 Å². The summed E-state index contributed by atoms with van der Waals surface area (Å²) >= 11 is 0. The molecule has 4 rings (SSSR count). The number of ether oxygens (including phenoxy) is 1. The van der Waals surface area contributed by atoms with Crippen molar-refractivity contribution >= 4 is 29.5 Å². The molecule has 1 saturated heterocycles. The lowest BCUT2D eigenvalue weighted by atomic mass is 9.89. The molecule has 0 amide bonds. The van der Waals surface area contributed by atoms with Gasteiger partial charge in [0.25, 0.3) is 0 Å². The second kappa shape index (κ2) is 16.8. The Morgan fingerprint density at radius 2 is 1.84 bits per heavy atom. The Balaban J connectivity index is 1.37. The van der Waals surface area contributed by atoms with Crippen LogP contribution in [0.15, 0.2) is 68.0 Å². The Morgan fingerprint density at radius 1 is 1.05 bits per heavy atom. The van der Waals surface area contributed by atoms with E-state index in [4.69, 9.17) is 4.74 Å². The fraction of sp³-hybridized carbons (Fsp3) is 0.417. The molecule has 0 saturated carbocycles. The molecule has 1 aliphatic rings. The molecule has 0 bridgehead atoms. The first-order valence-corrected chi connectivity index (χ1v) is 15.7. The summed E-state index contributed by atoms with van der Waals surface area (Å²) in [7, 11) is 3.60. The van der Waals surface area contributed by atoms with Crippen LogP contribution in [-0.2, 0) is 11.2 Å². The molecule has 0 unspecified atom stereocenters. The number of piperidine rings is 1. The van der Waals surface area contributed by atoms with Crippen LogP contribution >= 0.6 is 0 Å². The van der Waals surface area contributed by atoms with E-state index in [-0.39, 0.29) is 0 Å². The maximum Gasteiger partial charge on any atom is 0.130 e. The molecule has 0 aliphatic carbocycles. The zero-order valence-electron chi connectivity index (χ0n) is 26.4. The minimum atomic E-state index is 0.658. The number of nitrogens with zero attached hydrogens (tertiary/aromatic N) is 3. The number of rotatable bonds is 16. The molecule has 1 fully saturated rings. The molecule has 0 radical (unpaired) electrons. The van der Waals surface area contributed by atoms with Gasteiger partial charge in [0.15, 0.2) is 0 Å². The number of aryl methyl sites for hydroxylation is 1. The number of pyridine rings is 1. The highest BCUT2D eigenvalue weighted by Crippen LogP contribution is 2.29. The molecule has 1 aromatic carbocycles. The third-order valence-electron chi connectivity index (χ3n) is 8.32. The molecule has 7 nitrogen and oxygen atoms in total. The number of unbranched alkanes of at least 4 members (excludes halogenated alkanes) is 2. The van der Waals surface area contributed by atoms with Crippen molar-refractivity contribution < 1.29 is 4.74 Å². The molecular formula is C36H50N6O. The first-order valence-electron chi connectivity index (χ1n) is 15.7. The minimum absolute atomic E-state index is 0.658. The molecule has 2 aromatic heterocycles. The van der Waals surface area contributed by atoms with Gasteiger partial charge in [-0.2, -0.15) is 0 Å². The number of nitrogens with one attached hydrogen (secondary N) is 3. The smallest absolute Gasteiger partial charge is 0.130 e. The van der Waals surface area contributed by atoms with Crippen LogP contribution < -0.4 is 26.7 Å². The van der Waals surface area contributed by atoms with Crippen molar-refractivity contribution in [1.82, 2.24) is 25.3 Å². The quantitative estimate of drug-likeness (QED) is 0.157. The third-order valence-corrected chi connectivity index (χ3v) is 8.32. The number of aromatic nitrogens is 2. The van der Waals surface area contributed by atoms with Crippen LogP contribution in [0, 0.1) is 0 Å². The number of hydrazine groups is 1. The summed E-state index contributed by atoms with van der Waals surface area (Å²) in [5, 5.41) is 5.81. The molecule has 43 heavy (non-hydrogen) atoms. The van der Waals surface area contributed by atoms with E-state index < -0.39 is 0 Å². The van der Waals surface area contributed by atoms with Gasteiger partial charge in [-0.15, -0.1) is 0 Å². The zero-order valence-corrected chi connectivity index (χ0v) is 26.4. The van der Waals surface area contributed by atoms with Gasteiger partial charge in [0.1, 0.15) is 11.6 Å². The summed E-state index contributed by atoms with van der Waals surface area (Å²) in [6, 6.07) is 15.3. The van der Waals surface area contributed by atoms with E-state index in [1.807, 2.05) is 13.2 Å². The monoisotopic (exact) mass is 582 g/mol. The maximum atomic E-state index is 5.20. The van der Waals surface area contributed by atoms with Crippen molar-refractivity contribution in [2.75, 3.05) is 45.7 Å². The van der Waals surface area contributed by atoms with E-state index in [1.54, 1.807) is 7.11 Å². The van der Waals surface area contributed by atoms with Gasteiger partial charge in [0.05, 0.1) is 0 Å². The summed E-state index contributed by atoms with van der Waals surface area (Å²) in [6.07, 6.45) is 16.0. The van der Waals surface area contributed by atoms with E-state index in [0.29, 0.717) is 5.92 Å². The summed E-state index contributed by atoms with van der Waals surface area (Å²) in [5.41, 5.74) is 10.7. The summed E-state index contributed by atoms with van der Waals surface area (Å²) in [6.45, 7) is 15.1. The molecule has 0 spiro atoms. The predicted octanol–water partition coefficient (Wildman–Crippen LogP) is 5.33. The molecule has 3 heterocycles. The van der Waals surface area contributed by atoms with Crippen LogP contribution in [0.1, 0.15) is 68.1 Å². The number of benzene rings is 1. The summed E-state index contributed by atoms with van der Waals surface area (Å²) < 4.78 is 7.30. The predicted molar refractivity (Wildman–Crippen MR) is 182 cm³/mol. The van der Waals surface area contributed by atoms with Crippen molar-refractivity contribution in [3.63, 3.8) is 0 Å². The van der Waals surface area contributed by atoms with Crippen molar-refractivity contribution in [3.8, 4) is 0 Å². The van der Waals surface area contributed by atoms with Crippen molar-refractivity contribution in [2.45, 2.75) is 57.8 Å². The zero-order chi connectivity index (χ0) is 30.4. The maximum absolute atomic E-state index is 5.20. The Bertz CT molecular complexity index is 1430. The normalized spacial score (nSPS) is 15.1. The van der Waals surface area contributed by atoms with E-state index in [2.05, 4.69) is 112 Å². The minimum Gasteiger partial charge on any atom is -0.385 e. The fourth-order valence-corrected chi connectivity index (χ4v) is 5.78. The average Bonchev–Trinajstić information content (AvgIpc) is 3.44. The number of hydrogen-bond donors (Lipinski definition) is 3. The average molecular weight is 583 g/mol. The second-order valence-corrected chi connectivity index (χ2v) is 11.3. The van der Waals surface area contributed by atoms with Gasteiger partial charge in [-0.25, -0.2) is 10.4 Å². The highest BCUT2D eigenvalue weighted by molar-refractivity contribution is 5.74. The Morgan fingerprint density at radius 3 is 2.56 bits per heavy atom. The Hall–Kier alpha value is -3.65. The van der Waals surface area contributed by atoms with Crippen molar-refractivity contribution in [3.05, 3.63) is 95.3 Å². The largest absolute Gasteiger partial charge is 0.385 e. The molecule has 0 atom stereocenters. The lowest BCUT2D eigenvalue weighted by molar-refractivity contribution is 0.193. The van der Waals surface area contributed by atoms with Crippen LogP contribution in [-0.4, -0.2) is 54.8 Å². The molecule has 230 valence electrons. The second-order valence-electron chi connectivity index (χ2n) is 11.3. The highest BCUT2D eigenvalue weighted by Gasteiger charge is 2.19.